The van der Waals surface area contributed by atoms with Crippen molar-refractivity contribution in [1.82, 2.24) is 4.57 Å². The lowest BCUT2D eigenvalue weighted by Gasteiger charge is -2.36. The molecule has 0 bridgehead atoms. The molecule has 0 aliphatic rings. The van der Waals surface area contributed by atoms with Crippen LogP contribution in [-0.2, 0) is 4.74 Å². The summed E-state index contributed by atoms with van der Waals surface area (Å²) in [5.41, 5.74) is -0.0193. The predicted molar refractivity (Wildman–Crippen MR) is 129 cm³/mol. The minimum Gasteiger partial charge on any atom is -0.462 e. The van der Waals surface area contributed by atoms with E-state index in [2.05, 4.69) is 13.8 Å². The van der Waals surface area contributed by atoms with E-state index in [0.29, 0.717) is 14.5 Å². The van der Waals surface area contributed by atoms with Crippen LogP contribution in [0.4, 0.5) is 4.39 Å². The number of hydrogen-bond acceptors (Lipinski definition) is 4. The molecule has 0 spiro atoms. The van der Waals surface area contributed by atoms with Crippen LogP contribution in [0.5, 0.6) is 0 Å². The van der Waals surface area contributed by atoms with Crippen LogP contribution in [0.25, 0.3) is 10.9 Å². The van der Waals surface area contributed by atoms with Crippen molar-refractivity contribution < 1.29 is 18.7 Å². The van der Waals surface area contributed by atoms with Gasteiger partial charge >= 0.3 is 5.97 Å². The molecule has 0 saturated carbocycles. The van der Waals surface area contributed by atoms with Gasteiger partial charge in [-0.15, -0.1) is 0 Å². The highest BCUT2D eigenvalue weighted by Gasteiger charge is 2.38. The molecule has 0 unspecified atom stereocenters. The monoisotopic (exact) mass is 547 g/mol. The minimum atomic E-state index is -2.38. The highest BCUT2D eigenvalue weighted by atomic mass is 127. The number of pyridine rings is 1. The number of nitrogens with zero attached hydrogens (tertiary/aromatic N) is 1. The van der Waals surface area contributed by atoms with Gasteiger partial charge in [-0.1, -0.05) is 20.8 Å². The van der Waals surface area contributed by atoms with E-state index in [1.165, 1.54) is 18.3 Å². The van der Waals surface area contributed by atoms with E-state index >= 15 is 0 Å². The summed E-state index contributed by atoms with van der Waals surface area (Å²) in [7, 11) is -2.38. The van der Waals surface area contributed by atoms with Crippen LogP contribution in [0.15, 0.2) is 23.1 Å². The van der Waals surface area contributed by atoms with E-state index in [1.54, 1.807) is 6.92 Å². The Hall–Kier alpha value is -1.26. The molecule has 1 aromatic heterocycles. The van der Waals surface area contributed by atoms with Crippen LogP contribution in [0.3, 0.4) is 0 Å². The van der Waals surface area contributed by atoms with E-state index in [4.69, 9.17) is 4.74 Å². The van der Waals surface area contributed by atoms with Gasteiger partial charge in [0, 0.05) is 21.2 Å². The Bertz CT molecular complexity index is 997. The quantitative estimate of drug-likeness (QED) is 0.264. The first-order valence-electron chi connectivity index (χ1n) is 10.3. The van der Waals surface area contributed by atoms with Gasteiger partial charge < -0.3 is 14.1 Å². The maximum atomic E-state index is 14.4. The molecule has 2 aromatic rings. The van der Waals surface area contributed by atoms with E-state index in [1.807, 2.05) is 47.2 Å². The maximum absolute atomic E-state index is 14.4. The van der Waals surface area contributed by atoms with Gasteiger partial charge in [-0.05, 0) is 79.0 Å². The van der Waals surface area contributed by atoms with Gasteiger partial charge in [-0.3, -0.25) is 4.79 Å². The van der Waals surface area contributed by atoms with E-state index in [-0.39, 0.29) is 23.3 Å². The number of rotatable bonds is 8. The fraction of sp³-hybridized carbons (Fsp3) is 0.545. The number of halogens is 2. The van der Waals surface area contributed by atoms with Crippen molar-refractivity contribution in [3.63, 3.8) is 0 Å². The van der Waals surface area contributed by atoms with E-state index < -0.39 is 25.5 Å². The first kappa shape index (κ1) is 25.0. The molecule has 0 radical (unpaired) electrons. The van der Waals surface area contributed by atoms with Crippen molar-refractivity contribution in [2.75, 3.05) is 6.61 Å². The van der Waals surface area contributed by atoms with Gasteiger partial charge in [0.05, 0.1) is 12.1 Å². The fourth-order valence-corrected chi connectivity index (χ4v) is 4.60. The minimum absolute atomic E-state index is 0.0404. The van der Waals surface area contributed by atoms with Crippen molar-refractivity contribution in [3.8, 4) is 0 Å². The molecule has 1 heterocycles. The Morgan fingerprint density at radius 2 is 1.97 bits per heavy atom. The summed E-state index contributed by atoms with van der Waals surface area (Å²) in [6.07, 6.45) is 3.75. The molecule has 0 amide bonds. The molecule has 30 heavy (non-hydrogen) atoms. The highest BCUT2D eigenvalue weighted by Crippen LogP contribution is 2.42. The number of fused-ring (bicyclic) bond motifs is 1. The van der Waals surface area contributed by atoms with Crippen molar-refractivity contribution in [1.29, 1.82) is 0 Å². The molecule has 0 fully saturated rings. The van der Waals surface area contributed by atoms with Crippen molar-refractivity contribution in [2.45, 2.75) is 71.1 Å². The Morgan fingerprint density at radius 3 is 2.50 bits per heavy atom. The number of ether oxygens (including phenoxy) is 1. The molecular formula is C22H31FINO4Si. The summed E-state index contributed by atoms with van der Waals surface area (Å²) < 4.78 is 21.6. The zero-order valence-electron chi connectivity index (χ0n) is 18.5. The van der Waals surface area contributed by atoms with Crippen molar-refractivity contribution in [2.24, 2.45) is 0 Å². The molecule has 1 N–H and O–H groups in total. The number of carbonyl (C=O) groups is 1. The van der Waals surface area contributed by atoms with Gasteiger partial charge in [0.15, 0.2) is 8.32 Å². The molecule has 0 aliphatic heterocycles. The second-order valence-electron chi connectivity index (χ2n) is 8.83. The summed E-state index contributed by atoms with van der Waals surface area (Å²) in [4.78, 5) is 36.0. The Labute approximate surface area is 191 Å². The molecule has 0 saturated heterocycles. The number of esters is 1. The number of benzene rings is 1. The van der Waals surface area contributed by atoms with Crippen molar-refractivity contribution >= 4 is 47.8 Å². The zero-order chi connectivity index (χ0) is 22.9. The average Bonchev–Trinajstić information content (AvgIpc) is 2.64. The Kier molecular flexibility index (Phi) is 7.90. The third-order valence-corrected chi connectivity index (χ3v) is 10.6. The molecule has 1 atom stereocenters. The van der Waals surface area contributed by atoms with E-state index in [9.17, 15) is 18.8 Å². The first-order valence-corrected chi connectivity index (χ1v) is 14.3. The predicted octanol–water partition coefficient (Wildman–Crippen LogP) is 5.63. The van der Waals surface area contributed by atoms with Gasteiger partial charge in [0.2, 0.25) is 5.43 Å². The summed E-state index contributed by atoms with van der Waals surface area (Å²) >= 11 is 1.85. The van der Waals surface area contributed by atoms with E-state index in [0.717, 1.165) is 19.3 Å². The summed E-state index contributed by atoms with van der Waals surface area (Å²) in [5, 5.41) is 0.0979. The molecule has 8 heteroatoms. The Morgan fingerprint density at radius 1 is 1.33 bits per heavy atom. The lowest BCUT2D eigenvalue weighted by atomic mass is 9.99. The third kappa shape index (κ3) is 5.13. The number of carbonyl (C=O) groups excluding carboxylic acids is 1. The third-order valence-electron chi connectivity index (χ3n) is 6.19. The maximum Gasteiger partial charge on any atom is 0.343 e. The lowest BCUT2D eigenvalue weighted by Crippen LogP contribution is -2.39. The summed E-state index contributed by atoms with van der Waals surface area (Å²) in [6, 6.07) is 2.80. The van der Waals surface area contributed by atoms with Crippen molar-refractivity contribution in [3.05, 3.63) is 43.5 Å². The second-order valence-corrected chi connectivity index (χ2v) is 14.5. The smallest absolute Gasteiger partial charge is 0.343 e. The average molecular weight is 547 g/mol. The zero-order valence-corrected chi connectivity index (χ0v) is 21.7. The second kappa shape index (κ2) is 9.48. The number of aromatic nitrogens is 1. The SMILES string of the molecule is CCOC(=O)c1cn([C@@H](CC)CCC(C)(C)[Si](C)(C)O)c2cc(F)c(I)cc2c1=O. The number of hydrogen-bond donors (Lipinski definition) is 1. The highest BCUT2D eigenvalue weighted by molar-refractivity contribution is 14.1. The van der Waals surface area contributed by atoms with Crippen LogP contribution in [-0.4, -0.2) is 30.3 Å². The molecule has 166 valence electrons. The summed E-state index contributed by atoms with van der Waals surface area (Å²) in [5.74, 6) is -1.07. The van der Waals surface area contributed by atoms with Crippen LogP contribution in [0.1, 0.15) is 63.4 Å². The van der Waals surface area contributed by atoms with Crippen LogP contribution in [0, 0.1) is 9.39 Å². The van der Waals surface area contributed by atoms with Gasteiger partial charge in [-0.2, -0.15) is 0 Å². The van der Waals surface area contributed by atoms with Gasteiger partial charge in [0.1, 0.15) is 11.4 Å². The molecule has 2 rings (SSSR count). The Balaban J connectivity index is 2.64. The van der Waals surface area contributed by atoms with Crippen LogP contribution >= 0.6 is 22.6 Å². The molecule has 5 nitrogen and oxygen atoms in total. The van der Waals surface area contributed by atoms with Gasteiger partial charge in [0.25, 0.3) is 0 Å². The topological polar surface area (TPSA) is 68.5 Å². The normalized spacial score (nSPS) is 13.5. The first-order chi connectivity index (χ1) is 13.8. The van der Waals surface area contributed by atoms with Crippen LogP contribution in [0.2, 0.25) is 18.1 Å². The summed E-state index contributed by atoms with van der Waals surface area (Å²) in [6.45, 7) is 11.9. The standard InChI is InChI=1S/C22H31FINO4Si/c1-7-14(9-10-22(3,4)30(5,6)28)25-13-16(21(27)29-8-2)20(26)15-11-18(24)17(23)12-19(15)25/h11-14,28H,7-10H2,1-6H3/t14-/m0/s1. The fourth-order valence-electron chi connectivity index (χ4n) is 3.37. The van der Waals surface area contributed by atoms with Crippen LogP contribution < -0.4 is 5.43 Å². The molecule has 0 aliphatic carbocycles. The lowest BCUT2D eigenvalue weighted by molar-refractivity contribution is 0.0524. The largest absolute Gasteiger partial charge is 0.462 e. The van der Waals surface area contributed by atoms with Gasteiger partial charge in [-0.25, -0.2) is 9.18 Å². The molecule has 1 aromatic carbocycles. The molecular weight excluding hydrogens is 516 g/mol.